The van der Waals surface area contributed by atoms with E-state index in [9.17, 15) is 5.11 Å². The monoisotopic (exact) mass is 270 g/mol. The van der Waals surface area contributed by atoms with Gasteiger partial charge in [-0.25, -0.2) is 0 Å². The van der Waals surface area contributed by atoms with Gasteiger partial charge in [0.25, 0.3) is 0 Å². The first kappa shape index (κ1) is 12.9. The summed E-state index contributed by atoms with van der Waals surface area (Å²) in [5.74, 6) is 2.38. The average Bonchev–Trinajstić information content (AvgIpc) is 2.85. The van der Waals surface area contributed by atoms with E-state index in [-0.39, 0.29) is 11.5 Å². The third kappa shape index (κ3) is 1.59. The second kappa shape index (κ2) is 4.59. The number of rotatable bonds is 1. The molecule has 0 aliphatic heterocycles. The molecule has 0 radical (unpaired) electrons. The lowest BCUT2D eigenvalue weighted by molar-refractivity contribution is -0.0394. The molecule has 0 amide bonds. The summed E-state index contributed by atoms with van der Waals surface area (Å²) in [6.45, 7) is 2.30. The first-order valence-electron chi connectivity index (χ1n) is 8.52. The molecule has 1 heteroatoms. The van der Waals surface area contributed by atoms with Gasteiger partial charge in [-0.15, -0.1) is 0 Å². The first-order chi connectivity index (χ1) is 9.76. The van der Waals surface area contributed by atoms with Gasteiger partial charge in [0, 0.05) is 0 Å². The van der Waals surface area contributed by atoms with Gasteiger partial charge in [0.05, 0.1) is 6.10 Å². The number of benzene rings is 1. The van der Waals surface area contributed by atoms with E-state index in [0.29, 0.717) is 0 Å². The number of aryl methyl sites for hydroxylation is 1. The molecule has 108 valence electrons. The van der Waals surface area contributed by atoms with Crippen molar-refractivity contribution in [3.8, 4) is 0 Å². The van der Waals surface area contributed by atoms with Gasteiger partial charge in [-0.3, -0.25) is 0 Å². The first-order valence-corrected chi connectivity index (χ1v) is 8.52. The maximum atomic E-state index is 10.6. The van der Waals surface area contributed by atoms with Crippen LogP contribution in [0.2, 0.25) is 0 Å². The van der Waals surface area contributed by atoms with E-state index in [0.717, 1.165) is 24.2 Å². The summed E-state index contributed by atoms with van der Waals surface area (Å²) in [4.78, 5) is 0. The van der Waals surface area contributed by atoms with Crippen molar-refractivity contribution in [2.75, 3.05) is 0 Å². The Labute approximate surface area is 122 Å². The zero-order valence-electron chi connectivity index (χ0n) is 12.5. The van der Waals surface area contributed by atoms with E-state index >= 15 is 0 Å². The predicted molar refractivity (Wildman–Crippen MR) is 81.7 cm³/mol. The Morgan fingerprint density at radius 3 is 2.85 bits per heavy atom. The quantitative estimate of drug-likeness (QED) is 0.807. The molecule has 1 nitrogen and oxygen atoms in total. The molecule has 3 aliphatic carbocycles. The van der Waals surface area contributed by atoms with E-state index in [2.05, 4.69) is 31.2 Å². The molecule has 0 spiro atoms. The second-order valence-electron chi connectivity index (χ2n) is 7.33. The Balaban J connectivity index is 1.72. The summed E-state index contributed by atoms with van der Waals surface area (Å²) in [5, 5.41) is 10.6. The normalized spacial score (nSPS) is 42.7. The maximum absolute atomic E-state index is 10.6. The summed E-state index contributed by atoms with van der Waals surface area (Å²) in [6, 6.07) is 9.11. The molecular formula is C19H26O. The van der Waals surface area contributed by atoms with Crippen LogP contribution in [0.25, 0.3) is 0 Å². The number of hydrogen-bond acceptors (Lipinski definition) is 1. The van der Waals surface area contributed by atoms with Gasteiger partial charge in [0.15, 0.2) is 0 Å². The van der Waals surface area contributed by atoms with E-state index in [1.54, 1.807) is 11.1 Å². The van der Waals surface area contributed by atoms with Gasteiger partial charge in [-0.1, -0.05) is 31.2 Å². The van der Waals surface area contributed by atoms with Crippen molar-refractivity contribution in [1.29, 1.82) is 0 Å². The van der Waals surface area contributed by atoms with Gasteiger partial charge in [0.1, 0.15) is 0 Å². The van der Waals surface area contributed by atoms with E-state index in [1.165, 1.54) is 38.5 Å². The Morgan fingerprint density at radius 2 is 2.00 bits per heavy atom. The van der Waals surface area contributed by atoms with E-state index in [4.69, 9.17) is 0 Å². The van der Waals surface area contributed by atoms with Crippen LogP contribution < -0.4 is 0 Å². The number of fused-ring (bicyclic) bond motifs is 5. The van der Waals surface area contributed by atoms with Crippen LogP contribution in [0.15, 0.2) is 24.3 Å². The Bertz CT molecular complexity index is 508. The van der Waals surface area contributed by atoms with Crippen molar-refractivity contribution in [2.24, 2.45) is 17.3 Å². The summed E-state index contributed by atoms with van der Waals surface area (Å²) in [7, 11) is 0. The Kier molecular flexibility index (Phi) is 2.96. The van der Waals surface area contributed by atoms with Crippen molar-refractivity contribution in [3.63, 3.8) is 0 Å². The molecule has 0 saturated heterocycles. The van der Waals surface area contributed by atoms with E-state index in [1.807, 2.05) is 0 Å². The fourth-order valence-corrected chi connectivity index (χ4v) is 5.98. The SMILES string of the molecule is CC[C@]12CC[C@@H]3c4ccccc4CC[C@H]3[C@@H]1CC[C@H]2O. The van der Waals surface area contributed by atoms with Gasteiger partial charge >= 0.3 is 0 Å². The third-order valence-corrected chi connectivity index (χ3v) is 6.97. The largest absolute Gasteiger partial charge is 0.393 e. The highest BCUT2D eigenvalue weighted by atomic mass is 16.3. The van der Waals surface area contributed by atoms with Crippen molar-refractivity contribution in [2.45, 2.75) is 63.9 Å². The highest BCUT2D eigenvalue weighted by Crippen LogP contribution is 2.62. The molecular weight excluding hydrogens is 244 g/mol. The van der Waals surface area contributed by atoms with Crippen LogP contribution in [0.3, 0.4) is 0 Å². The molecule has 0 unspecified atom stereocenters. The lowest BCUT2D eigenvalue weighted by atomic mass is 9.54. The average molecular weight is 270 g/mol. The predicted octanol–water partition coefficient (Wildman–Crippen LogP) is 4.29. The van der Waals surface area contributed by atoms with Crippen LogP contribution in [0.5, 0.6) is 0 Å². The van der Waals surface area contributed by atoms with Gasteiger partial charge in [-0.05, 0) is 79.2 Å². The Hall–Kier alpha value is -0.820. The van der Waals surface area contributed by atoms with Crippen LogP contribution in [0, 0.1) is 17.3 Å². The van der Waals surface area contributed by atoms with E-state index < -0.39 is 0 Å². The van der Waals surface area contributed by atoms with Crippen molar-refractivity contribution in [1.82, 2.24) is 0 Å². The summed E-state index contributed by atoms with van der Waals surface area (Å²) >= 11 is 0. The van der Waals surface area contributed by atoms with Crippen LogP contribution >= 0.6 is 0 Å². The number of hydrogen-bond donors (Lipinski definition) is 1. The zero-order valence-corrected chi connectivity index (χ0v) is 12.5. The maximum Gasteiger partial charge on any atom is 0.0599 e. The molecule has 5 atom stereocenters. The van der Waals surface area contributed by atoms with Crippen LogP contribution in [-0.4, -0.2) is 11.2 Å². The van der Waals surface area contributed by atoms with Gasteiger partial charge < -0.3 is 5.11 Å². The lowest BCUT2D eigenvalue weighted by Gasteiger charge is -2.51. The van der Waals surface area contributed by atoms with Gasteiger partial charge in [-0.2, -0.15) is 0 Å². The topological polar surface area (TPSA) is 20.2 Å². The van der Waals surface area contributed by atoms with Crippen molar-refractivity contribution in [3.05, 3.63) is 35.4 Å². The summed E-state index contributed by atoms with van der Waals surface area (Å²) < 4.78 is 0. The molecule has 2 fully saturated rings. The molecule has 0 heterocycles. The fourth-order valence-electron chi connectivity index (χ4n) is 5.98. The molecule has 3 aliphatic rings. The highest BCUT2D eigenvalue weighted by molar-refractivity contribution is 5.35. The number of aliphatic hydroxyl groups is 1. The molecule has 1 aromatic carbocycles. The summed E-state index contributed by atoms with van der Waals surface area (Å²) in [6.07, 6.45) is 8.58. The molecule has 0 aromatic heterocycles. The lowest BCUT2D eigenvalue weighted by Crippen LogP contribution is -2.45. The minimum absolute atomic E-state index is 0.0318. The van der Waals surface area contributed by atoms with Crippen LogP contribution in [0.1, 0.15) is 62.5 Å². The Morgan fingerprint density at radius 1 is 1.15 bits per heavy atom. The molecule has 1 aromatic rings. The zero-order chi connectivity index (χ0) is 13.7. The molecule has 20 heavy (non-hydrogen) atoms. The third-order valence-electron chi connectivity index (χ3n) is 6.97. The standard InChI is InChI=1S/C19H26O/c1-2-19-12-11-15-14-6-4-3-5-13(14)7-8-16(15)17(19)9-10-18(19)20/h3-6,15-18,20H,2,7-12H2,1H3/t15-,16-,17+,18-,19+/m1/s1. The smallest absolute Gasteiger partial charge is 0.0599 e. The van der Waals surface area contributed by atoms with Crippen molar-refractivity contribution >= 4 is 0 Å². The second-order valence-corrected chi connectivity index (χ2v) is 7.33. The fraction of sp³-hybridized carbons (Fsp3) is 0.684. The number of aliphatic hydroxyl groups excluding tert-OH is 1. The molecule has 1 N–H and O–H groups in total. The molecule has 2 saturated carbocycles. The van der Waals surface area contributed by atoms with Gasteiger partial charge in [0.2, 0.25) is 0 Å². The molecule has 0 bridgehead atoms. The van der Waals surface area contributed by atoms with Crippen LogP contribution in [-0.2, 0) is 6.42 Å². The van der Waals surface area contributed by atoms with Crippen LogP contribution in [0.4, 0.5) is 0 Å². The summed E-state index contributed by atoms with van der Waals surface area (Å²) in [5.41, 5.74) is 3.49. The minimum atomic E-state index is -0.0318. The van der Waals surface area contributed by atoms with Crippen molar-refractivity contribution < 1.29 is 5.11 Å². The minimum Gasteiger partial charge on any atom is -0.393 e. The highest BCUT2D eigenvalue weighted by Gasteiger charge is 2.55. The molecule has 4 rings (SSSR count).